The molecule has 2 heterocycles. The van der Waals surface area contributed by atoms with Gasteiger partial charge in [-0.1, -0.05) is 127 Å². The molecule has 8 aromatic rings. The van der Waals surface area contributed by atoms with Crippen LogP contribution in [0.15, 0.2) is 140 Å². The normalized spacial score (nSPS) is 14.0. The molecule has 0 spiro atoms. The summed E-state index contributed by atoms with van der Waals surface area (Å²) in [6.45, 7) is 0. The van der Waals surface area contributed by atoms with Crippen molar-refractivity contribution in [3.63, 3.8) is 0 Å². The van der Waals surface area contributed by atoms with Crippen molar-refractivity contribution in [2.24, 2.45) is 0 Å². The van der Waals surface area contributed by atoms with E-state index in [1.54, 1.807) is 0 Å². The molecule has 2 heteroatoms. The van der Waals surface area contributed by atoms with Crippen LogP contribution < -0.4 is 10.6 Å². The molecule has 2 aromatic heterocycles. The van der Waals surface area contributed by atoms with Crippen molar-refractivity contribution in [3.8, 4) is 22.5 Å². The van der Waals surface area contributed by atoms with E-state index in [2.05, 4.69) is 167 Å². The maximum absolute atomic E-state index is 2.59. The van der Waals surface area contributed by atoms with Gasteiger partial charge in [0.1, 0.15) is 0 Å². The molecule has 0 radical (unpaired) electrons. The molecule has 228 valence electrons. The Balaban J connectivity index is 1.21. The highest BCUT2D eigenvalue weighted by Crippen LogP contribution is 2.40. The van der Waals surface area contributed by atoms with Crippen molar-refractivity contribution < 1.29 is 0 Å². The van der Waals surface area contributed by atoms with Crippen molar-refractivity contribution in [1.82, 2.24) is 9.13 Å². The van der Waals surface area contributed by atoms with Gasteiger partial charge in [0.15, 0.2) is 0 Å². The fourth-order valence-corrected chi connectivity index (χ4v) is 8.42. The molecule has 0 bridgehead atoms. The van der Waals surface area contributed by atoms with Gasteiger partial charge in [0.05, 0.1) is 16.7 Å². The molecule has 2 nitrogen and oxygen atoms in total. The Labute approximate surface area is 279 Å². The van der Waals surface area contributed by atoms with Crippen molar-refractivity contribution in [1.29, 1.82) is 0 Å². The third-order valence-corrected chi connectivity index (χ3v) is 10.5. The van der Waals surface area contributed by atoms with Crippen LogP contribution in [0.1, 0.15) is 36.1 Å². The summed E-state index contributed by atoms with van der Waals surface area (Å²) in [7, 11) is 0. The third-order valence-electron chi connectivity index (χ3n) is 10.5. The summed E-state index contributed by atoms with van der Waals surface area (Å²) in [4.78, 5) is 0. The summed E-state index contributed by atoms with van der Waals surface area (Å²) in [6, 6.07) is 51.0. The molecule has 10 rings (SSSR count). The average molecular weight is 615 g/mol. The number of hydrogen-bond donors (Lipinski definition) is 0. The minimum absolute atomic E-state index is 0.991. The minimum atomic E-state index is 0.991. The largest absolute Gasteiger partial charge is 0.313 e. The first-order valence-electron chi connectivity index (χ1n) is 17.2. The van der Waals surface area contributed by atoms with Crippen LogP contribution in [0.4, 0.5) is 0 Å². The Morgan fingerprint density at radius 1 is 0.479 bits per heavy atom. The van der Waals surface area contributed by atoms with Gasteiger partial charge < -0.3 is 9.13 Å². The summed E-state index contributed by atoms with van der Waals surface area (Å²) >= 11 is 0. The zero-order valence-corrected chi connectivity index (χ0v) is 26.7. The molecular weight excluding hydrogens is 581 g/mol. The fourth-order valence-electron chi connectivity index (χ4n) is 8.42. The predicted molar refractivity (Wildman–Crippen MR) is 203 cm³/mol. The van der Waals surface area contributed by atoms with E-state index in [-0.39, 0.29) is 0 Å². The lowest BCUT2D eigenvalue weighted by Gasteiger charge is -2.20. The molecule has 0 saturated heterocycles. The van der Waals surface area contributed by atoms with E-state index in [1.165, 1.54) is 88.0 Å². The lowest BCUT2D eigenvalue weighted by atomic mass is 9.90. The standard InChI is InChI=1S/C46H34N2/c1-3-14-31(15-4-1)34-20-11-23-37-36(34)22-13-27-44(37)48-43-26-10-8-19-39(43)41-30-32(28-29-45(41)48)35-21-12-24-40-38-18-7-9-25-42(38)47(46(35)40)33-16-5-2-6-17-33/h1-7,9,11-27,30H,8,10,28-29H2. The number of aromatic nitrogens is 2. The van der Waals surface area contributed by atoms with Crippen LogP contribution in [-0.2, 0) is 6.42 Å². The monoisotopic (exact) mass is 614 g/mol. The molecule has 6 aromatic carbocycles. The zero-order valence-electron chi connectivity index (χ0n) is 26.7. The van der Waals surface area contributed by atoms with Gasteiger partial charge in [-0.05, 0) is 78.1 Å². The Kier molecular flexibility index (Phi) is 6.17. The smallest absolute Gasteiger partial charge is 0.0616 e. The van der Waals surface area contributed by atoms with Gasteiger partial charge in [-0.25, -0.2) is 0 Å². The van der Waals surface area contributed by atoms with Gasteiger partial charge in [0.25, 0.3) is 0 Å². The first-order chi connectivity index (χ1) is 23.8. The Hall–Kier alpha value is -5.86. The minimum Gasteiger partial charge on any atom is -0.313 e. The highest BCUT2D eigenvalue weighted by Gasteiger charge is 2.24. The van der Waals surface area contributed by atoms with Crippen LogP contribution in [0.2, 0.25) is 0 Å². The molecule has 0 N–H and O–H groups in total. The molecule has 0 amide bonds. The van der Waals surface area contributed by atoms with Crippen LogP contribution in [0.3, 0.4) is 0 Å². The van der Waals surface area contributed by atoms with Gasteiger partial charge in [0, 0.05) is 49.2 Å². The first kappa shape index (κ1) is 27.3. The van der Waals surface area contributed by atoms with Crippen LogP contribution in [0, 0.1) is 0 Å². The highest BCUT2D eigenvalue weighted by molar-refractivity contribution is 6.13. The lowest BCUT2D eigenvalue weighted by Crippen LogP contribution is -2.31. The maximum atomic E-state index is 2.59. The van der Waals surface area contributed by atoms with E-state index in [1.807, 2.05) is 0 Å². The first-order valence-corrected chi connectivity index (χ1v) is 17.2. The van der Waals surface area contributed by atoms with E-state index >= 15 is 0 Å². The van der Waals surface area contributed by atoms with E-state index in [0.29, 0.717) is 0 Å². The molecule has 0 unspecified atom stereocenters. The van der Waals surface area contributed by atoms with Crippen molar-refractivity contribution in [2.45, 2.75) is 25.7 Å². The van der Waals surface area contributed by atoms with Gasteiger partial charge in [0.2, 0.25) is 0 Å². The number of para-hydroxylation sites is 3. The number of hydrogen-bond acceptors (Lipinski definition) is 0. The molecule has 2 aliphatic carbocycles. The van der Waals surface area contributed by atoms with Crippen LogP contribution in [0.5, 0.6) is 0 Å². The Bertz CT molecular complexity index is 2700. The number of benzene rings is 6. The molecular formula is C46H34N2. The number of rotatable bonds is 4. The lowest BCUT2D eigenvalue weighted by molar-refractivity contribution is 0.868. The molecule has 0 saturated carbocycles. The second-order valence-corrected chi connectivity index (χ2v) is 13.1. The predicted octanol–water partition coefficient (Wildman–Crippen LogP) is 10.2. The second-order valence-electron chi connectivity index (χ2n) is 13.1. The topological polar surface area (TPSA) is 9.86 Å². The molecule has 0 aliphatic heterocycles. The van der Waals surface area contributed by atoms with Gasteiger partial charge in [-0.3, -0.25) is 0 Å². The van der Waals surface area contributed by atoms with Crippen LogP contribution >= 0.6 is 0 Å². The highest BCUT2D eigenvalue weighted by atomic mass is 15.0. The van der Waals surface area contributed by atoms with Gasteiger partial charge in [-0.15, -0.1) is 0 Å². The van der Waals surface area contributed by atoms with Crippen LogP contribution in [-0.4, -0.2) is 9.13 Å². The molecule has 0 fully saturated rings. The fraction of sp³-hybridized carbons (Fsp3) is 0.0870. The number of nitrogens with zero attached hydrogens (tertiary/aromatic N) is 2. The number of allylic oxidation sites excluding steroid dienone is 1. The Morgan fingerprint density at radius 3 is 2.04 bits per heavy atom. The average Bonchev–Trinajstić information content (AvgIpc) is 3.68. The summed E-state index contributed by atoms with van der Waals surface area (Å²) in [5.41, 5.74) is 13.1. The van der Waals surface area contributed by atoms with E-state index in [4.69, 9.17) is 0 Å². The zero-order chi connectivity index (χ0) is 31.6. The van der Waals surface area contributed by atoms with Gasteiger partial charge >= 0.3 is 0 Å². The Morgan fingerprint density at radius 2 is 1.17 bits per heavy atom. The maximum Gasteiger partial charge on any atom is 0.0616 e. The molecule has 48 heavy (non-hydrogen) atoms. The number of fused-ring (bicyclic) bond motifs is 7. The summed E-state index contributed by atoms with van der Waals surface area (Å²) in [5, 5.41) is 7.93. The van der Waals surface area contributed by atoms with E-state index in [0.717, 1.165) is 25.7 Å². The van der Waals surface area contributed by atoms with Crippen molar-refractivity contribution >= 4 is 56.4 Å². The summed E-state index contributed by atoms with van der Waals surface area (Å²) in [5.74, 6) is 0. The third kappa shape index (κ3) is 4.06. The quantitative estimate of drug-likeness (QED) is 0.187. The molecule has 2 aliphatic rings. The molecule has 0 atom stereocenters. The van der Waals surface area contributed by atoms with E-state index < -0.39 is 0 Å². The summed E-state index contributed by atoms with van der Waals surface area (Å²) in [6.07, 6.45) is 11.6. The summed E-state index contributed by atoms with van der Waals surface area (Å²) < 4.78 is 5.06. The van der Waals surface area contributed by atoms with Crippen molar-refractivity contribution in [2.75, 3.05) is 0 Å². The second kappa shape index (κ2) is 10.9. The van der Waals surface area contributed by atoms with Crippen LogP contribution in [0.25, 0.3) is 78.9 Å². The van der Waals surface area contributed by atoms with Gasteiger partial charge in [-0.2, -0.15) is 0 Å². The van der Waals surface area contributed by atoms with Crippen molar-refractivity contribution in [3.05, 3.63) is 167 Å². The van der Waals surface area contributed by atoms with E-state index in [9.17, 15) is 0 Å². The SMILES string of the molecule is C1=C(c2cccc3c4ccccc4n(-c4ccccc4)c23)CCc2c1c1c(n2-c2cccc3c(-c4ccccc4)cccc23)=CCCC=1.